The third kappa shape index (κ3) is 16.3. The number of carboxylic acids is 1. The number of nitrogens with one attached hydrogen (secondary N) is 5. The van der Waals surface area contributed by atoms with Crippen LogP contribution in [0.2, 0.25) is 0 Å². The summed E-state index contributed by atoms with van der Waals surface area (Å²) < 4.78 is 0. The summed E-state index contributed by atoms with van der Waals surface area (Å²) in [6.45, 7) is 8.57. The largest absolute Gasteiger partial charge is 0.480 e. The number of carbonyl (C=O) groups is 6. The van der Waals surface area contributed by atoms with Crippen LogP contribution in [0.1, 0.15) is 72.3 Å². The summed E-state index contributed by atoms with van der Waals surface area (Å²) >= 11 is 0. The van der Waals surface area contributed by atoms with Crippen molar-refractivity contribution in [3.8, 4) is 0 Å². The van der Waals surface area contributed by atoms with Gasteiger partial charge in [-0.15, -0.1) is 0 Å². The topological polar surface area (TPSA) is 273 Å². The number of benzene rings is 1. The number of nitrogens with two attached hydrogens (primary N) is 3. The maximum Gasteiger partial charge on any atom is 0.326 e. The van der Waals surface area contributed by atoms with E-state index in [1.807, 2.05) is 51.1 Å². The molecule has 16 heteroatoms. The zero-order chi connectivity index (χ0) is 37.1. The first-order valence-corrected chi connectivity index (χ1v) is 16.6. The van der Waals surface area contributed by atoms with Gasteiger partial charge in [-0.25, -0.2) is 4.79 Å². The van der Waals surface area contributed by atoms with Crippen molar-refractivity contribution in [2.45, 2.75) is 103 Å². The summed E-state index contributed by atoms with van der Waals surface area (Å²) in [7, 11) is 0. The standard InChI is InChI=1S/C33H55N9O7/c1-6-20(5)27(42-29(45)23(7-2)40-28(44)22(34)17-21-12-9-8-10-13-21)31(47)38-18-26(43)39-24(14-11-15-37-33(35)36)30(46)41-25(32(48)49)16-19(3)4/h8-10,12-13,19-20,22-25,27H,6-7,11,14-18,34H2,1-5H3,(H,38,47)(H,39,43)(H,40,44)(H,41,46)(H,42,45)(H,48,49)(H4,35,36,37)/t20-,22-,23-,24-,25-,27-/m0/s1. The highest BCUT2D eigenvalue weighted by Crippen LogP contribution is 2.10. The first-order valence-electron chi connectivity index (χ1n) is 16.6. The van der Waals surface area contributed by atoms with E-state index < -0.39 is 72.3 Å². The minimum Gasteiger partial charge on any atom is -0.480 e. The van der Waals surface area contributed by atoms with Gasteiger partial charge in [-0.2, -0.15) is 0 Å². The van der Waals surface area contributed by atoms with Gasteiger partial charge in [0.25, 0.3) is 0 Å². The number of hydrogen-bond acceptors (Lipinski definition) is 8. The smallest absolute Gasteiger partial charge is 0.326 e. The lowest BCUT2D eigenvalue weighted by Crippen LogP contribution is -2.58. The second-order valence-electron chi connectivity index (χ2n) is 12.5. The lowest BCUT2D eigenvalue weighted by Gasteiger charge is -2.27. The highest BCUT2D eigenvalue weighted by molar-refractivity contribution is 5.95. The molecule has 0 radical (unpaired) electrons. The van der Waals surface area contributed by atoms with Gasteiger partial charge in [-0.1, -0.05) is 71.4 Å². The molecule has 0 fully saturated rings. The van der Waals surface area contributed by atoms with E-state index in [9.17, 15) is 33.9 Å². The Morgan fingerprint density at radius 2 is 1.41 bits per heavy atom. The Hall–Kier alpha value is -4.73. The molecule has 6 atom stereocenters. The van der Waals surface area contributed by atoms with Crippen molar-refractivity contribution in [1.82, 2.24) is 26.6 Å². The Labute approximate surface area is 288 Å². The van der Waals surface area contributed by atoms with E-state index in [1.165, 1.54) is 0 Å². The summed E-state index contributed by atoms with van der Waals surface area (Å²) in [4.78, 5) is 80.8. The van der Waals surface area contributed by atoms with Gasteiger partial charge in [-0.3, -0.25) is 29.0 Å². The van der Waals surface area contributed by atoms with Gasteiger partial charge >= 0.3 is 5.97 Å². The van der Waals surface area contributed by atoms with Gasteiger partial charge in [-0.05, 0) is 49.5 Å². The Kier molecular flexibility index (Phi) is 19.0. The first kappa shape index (κ1) is 42.3. The molecule has 0 aliphatic carbocycles. The summed E-state index contributed by atoms with van der Waals surface area (Å²) in [6.07, 6.45) is 1.58. The summed E-state index contributed by atoms with van der Waals surface area (Å²) in [5.41, 5.74) is 17.7. The molecule has 0 aliphatic rings. The first-order chi connectivity index (χ1) is 23.1. The second kappa shape index (κ2) is 22.0. The van der Waals surface area contributed by atoms with E-state index >= 15 is 0 Å². The van der Waals surface area contributed by atoms with Crippen molar-refractivity contribution in [2.24, 2.45) is 34.0 Å². The van der Waals surface area contributed by atoms with Crippen molar-refractivity contribution in [1.29, 1.82) is 0 Å². The van der Waals surface area contributed by atoms with E-state index in [0.717, 1.165) is 5.56 Å². The van der Waals surface area contributed by atoms with Crippen molar-refractivity contribution in [3.63, 3.8) is 0 Å². The van der Waals surface area contributed by atoms with Crippen LogP contribution in [0.15, 0.2) is 35.3 Å². The predicted molar refractivity (Wildman–Crippen MR) is 186 cm³/mol. The van der Waals surface area contributed by atoms with Crippen LogP contribution in [0.4, 0.5) is 0 Å². The number of aliphatic imine (C=N–C) groups is 1. The van der Waals surface area contributed by atoms with Crippen LogP contribution in [-0.4, -0.2) is 89.9 Å². The number of carbonyl (C=O) groups excluding carboxylic acids is 5. The molecule has 0 spiro atoms. The van der Waals surface area contributed by atoms with Gasteiger partial charge in [0.15, 0.2) is 5.96 Å². The monoisotopic (exact) mass is 689 g/mol. The molecule has 1 aromatic carbocycles. The van der Waals surface area contributed by atoms with Gasteiger partial charge in [0, 0.05) is 6.54 Å². The van der Waals surface area contributed by atoms with Gasteiger partial charge in [0.05, 0.1) is 12.6 Å². The molecule has 0 heterocycles. The van der Waals surface area contributed by atoms with Crippen molar-refractivity contribution >= 4 is 41.5 Å². The Bertz CT molecular complexity index is 1270. The van der Waals surface area contributed by atoms with E-state index in [1.54, 1.807) is 13.8 Å². The molecule has 1 rings (SSSR count). The molecule has 12 N–H and O–H groups in total. The molecule has 0 unspecified atom stereocenters. The average Bonchev–Trinajstić information content (AvgIpc) is 3.05. The lowest BCUT2D eigenvalue weighted by molar-refractivity contribution is -0.142. The van der Waals surface area contributed by atoms with Crippen LogP contribution in [-0.2, 0) is 35.2 Å². The number of nitrogens with zero attached hydrogens (tertiary/aromatic N) is 1. The Morgan fingerprint density at radius 3 is 1.96 bits per heavy atom. The minimum atomic E-state index is -1.21. The number of hydrogen-bond donors (Lipinski definition) is 9. The van der Waals surface area contributed by atoms with Crippen LogP contribution < -0.4 is 43.8 Å². The van der Waals surface area contributed by atoms with Gasteiger partial charge in [0.2, 0.25) is 29.5 Å². The molecule has 1 aromatic rings. The number of carboxylic acid groups (broad SMARTS) is 1. The number of rotatable bonds is 22. The quantitative estimate of drug-likeness (QED) is 0.0417. The Morgan fingerprint density at radius 1 is 0.796 bits per heavy atom. The highest BCUT2D eigenvalue weighted by Gasteiger charge is 2.31. The van der Waals surface area contributed by atoms with Crippen LogP contribution >= 0.6 is 0 Å². The summed E-state index contributed by atoms with van der Waals surface area (Å²) in [6, 6.07) is 4.03. The fourth-order valence-corrected chi connectivity index (χ4v) is 4.81. The molecule has 0 bridgehead atoms. The third-order valence-electron chi connectivity index (χ3n) is 7.81. The van der Waals surface area contributed by atoms with Crippen molar-refractivity contribution in [2.75, 3.05) is 13.1 Å². The van der Waals surface area contributed by atoms with Crippen LogP contribution in [0.5, 0.6) is 0 Å². The molecular formula is C33H55N9O7. The number of guanidine groups is 1. The molecule has 0 saturated carbocycles. The summed E-state index contributed by atoms with van der Waals surface area (Å²) in [5, 5.41) is 22.4. The SMILES string of the molecule is CC[C@H](NC(=O)[C@@H](N)Cc1ccccc1)C(=O)N[C@H](C(=O)NCC(=O)N[C@@H](CCCN=C(N)N)C(=O)N[C@@H](CC(C)C)C(=O)O)[C@@H](C)CC. The molecule has 0 aliphatic heterocycles. The fraction of sp³-hybridized carbons (Fsp3) is 0.606. The van der Waals surface area contributed by atoms with Crippen LogP contribution in [0.3, 0.4) is 0 Å². The second-order valence-corrected chi connectivity index (χ2v) is 12.5. The number of aliphatic carboxylic acids is 1. The van der Waals surface area contributed by atoms with Crippen LogP contribution in [0, 0.1) is 11.8 Å². The normalized spacial score (nSPS) is 14.6. The molecule has 0 aromatic heterocycles. The van der Waals surface area contributed by atoms with Gasteiger partial charge in [0.1, 0.15) is 24.2 Å². The molecular weight excluding hydrogens is 634 g/mol. The van der Waals surface area contributed by atoms with Crippen molar-refractivity contribution < 1.29 is 33.9 Å². The maximum atomic E-state index is 13.2. The van der Waals surface area contributed by atoms with E-state index in [2.05, 4.69) is 31.6 Å². The third-order valence-corrected chi connectivity index (χ3v) is 7.81. The van der Waals surface area contributed by atoms with Crippen LogP contribution in [0.25, 0.3) is 0 Å². The maximum absolute atomic E-state index is 13.2. The molecule has 274 valence electrons. The molecule has 16 nitrogen and oxygen atoms in total. The summed E-state index contributed by atoms with van der Waals surface area (Å²) in [5.74, 6) is -4.88. The average molecular weight is 690 g/mol. The molecule has 5 amide bonds. The lowest BCUT2D eigenvalue weighted by atomic mass is 9.97. The Balaban J connectivity index is 2.91. The van der Waals surface area contributed by atoms with E-state index in [0.29, 0.717) is 12.8 Å². The fourth-order valence-electron chi connectivity index (χ4n) is 4.81. The molecule has 49 heavy (non-hydrogen) atoms. The zero-order valence-electron chi connectivity index (χ0n) is 29.2. The minimum absolute atomic E-state index is 0.0217. The number of amides is 5. The zero-order valence-corrected chi connectivity index (χ0v) is 29.2. The molecule has 0 saturated heterocycles. The van der Waals surface area contributed by atoms with Crippen molar-refractivity contribution in [3.05, 3.63) is 35.9 Å². The van der Waals surface area contributed by atoms with E-state index in [4.69, 9.17) is 17.2 Å². The highest BCUT2D eigenvalue weighted by atomic mass is 16.4. The van der Waals surface area contributed by atoms with Gasteiger partial charge < -0.3 is 48.9 Å². The van der Waals surface area contributed by atoms with E-state index in [-0.39, 0.29) is 50.0 Å². The predicted octanol–water partition coefficient (Wildman–Crippen LogP) is -0.748.